The Hall–Kier alpha value is -4.05. The van der Waals surface area contributed by atoms with E-state index in [4.69, 9.17) is 4.74 Å². The summed E-state index contributed by atoms with van der Waals surface area (Å²) in [7, 11) is 3.10. The van der Waals surface area contributed by atoms with E-state index in [0.29, 0.717) is 36.3 Å². The molecule has 1 amide bonds. The molecule has 1 aliphatic heterocycles. The Morgan fingerprint density at radius 2 is 1.57 bits per heavy atom. The summed E-state index contributed by atoms with van der Waals surface area (Å²) in [5, 5.41) is -0.501. The SMILES string of the molecule is CCOC(=O)C[C@@]([Si])(NC(=O)C(CC(C)C)n1cc(CCN2CCC2)c(C(F)(F)F)cc1=O)c1c(F)c(-c2c(C)cccc2C)cc(C(F)(F)F)c1F. The number of pyridine rings is 1. The Bertz CT molecular complexity index is 1890. The average Bonchev–Trinajstić information content (AvgIpc) is 2.99. The number of carbonyl (C=O) groups is 2. The summed E-state index contributed by atoms with van der Waals surface area (Å²) in [6.45, 7) is 9.07. The first-order chi connectivity index (χ1) is 24.6. The van der Waals surface area contributed by atoms with E-state index in [0.717, 1.165) is 17.2 Å². The topological polar surface area (TPSA) is 80.6 Å². The van der Waals surface area contributed by atoms with Crippen molar-refractivity contribution in [1.29, 1.82) is 0 Å². The number of esters is 1. The summed E-state index contributed by atoms with van der Waals surface area (Å²) in [5.41, 5.74) is -5.94. The number of halogens is 8. The van der Waals surface area contributed by atoms with Crippen molar-refractivity contribution in [2.75, 3.05) is 26.2 Å². The summed E-state index contributed by atoms with van der Waals surface area (Å²) in [4.78, 5) is 42.5. The van der Waals surface area contributed by atoms with Crippen molar-refractivity contribution in [1.82, 2.24) is 14.8 Å². The molecule has 1 N–H and O–H groups in total. The molecule has 3 radical (unpaired) electrons. The van der Waals surface area contributed by atoms with E-state index in [1.165, 1.54) is 32.9 Å². The third-order valence-electron chi connectivity index (χ3n) is 9.18. The van der Waals surface area contributed by atoms with Crippen LogP contribution in [0.15, 0.2) is 41.3 Å². The maximum absolute atomic E-state index is 16.8. The van der Waals surface area contributed by atoms with Crippen LogP contribution in [0.3, 0.4) is 0 Å². The van der Waals surface area contributed by atoms with Gasteiger partial charge in [0.2, 0.25) is 5.91 Å². The van der Waals surface area contributed by atoms with E-state index in [1.54, 1.807) is 19.9 Å². The van der Waals surface area contributed by atoms with Gasteiger partial charge < -0.3 is 19.5 Å². The van der Waals surface area contributed by atoms with Gasteiger partial charge in [-0.15, -0.1) is 0 Å². The van der Waals surface area contributed by atoms with Crippen LogP contribution in [0.25, 0.3) is 11.1 Å². The lowest BCUT2D eigenvalue weighted by Gasteiger charge is -2.35. The van der Waals surface area contributed by atoms with Crippen molar-refractivity contribution >= 4 is 22.1 Å². The van der Waals surface area contributed by atoms with Crippen molar-refractivity contribution in [2.24, 2.45) is 5.92 Å². The van der Waals surface area contributed by atoms with Crippen LogP contribution in [0.2, 0.25) is 0 Å². The van der Waals surface area contributed by atoms with Crippen molar-refractivity contribution in [3.8, 4) is 11.1 Å². The third-order valence-corrected chi connectivity index (χ3v) is 9.73. The molecule has 287 valence electrons. The molecule has 53 heavy (non-hydrogen) atoms. The number of rotatable bonds is 13. The van der Waals surface area contributed by atoms with Gasteiger partial charge in [-0.2, -0.15) is 26.3 Å². The second-order valence-corrected chi connectivity index (χ2v) is 14.5. The van der Waals surface area contributed by atoms with Gasteiger partial charge in [0.1, 0.15) is 17.7 Å². The minimum absolute atomic E-state index is 0.00738. The third kappa shape index (κ3) is 9.37. The summed E-state index contributed by atoms with van der Waals surface area (Å²) < 4.78 is 124. The van der Waals surface area contributed by atoms with E-state index in [2.05, 4.69) is 15.6 Å². The molecule has 1 aromatic heterocycles. The van der Waals surface area contributed by atoms with Crippen LogP contribution >= 0.6 is 0 Å². The van der Waals surface area contributed by atoms with E-state index in [-0.39, 0.29) is 37.1 Å². The lowest BCUT2D eigenvalue weighted by molar-refractivity contribution is -0.144. The minimum Gasteiger partial charge on any atom is -0.466 e. The first kappa shape index (κ1) is 41.7. The summed E-state index contributed by atoms with van der Waals surface area (Å²) in [6.07, 6.45) is -9.96. The van der Waals surface area contributed by atoms with Gasteiger partial charge in [-0.05, 0) is 87.4 Å². The molecular weight excluding hydrogens is 730 g/mol. The molecule has 0 spiro atoms. The first-order valence-electron chi connectivity index (χ1n) is 17.0. The highest BCUT2D eigenvalue weighted by Gasteiger charge is 2.45. The largest absolute Gasteiger partial charge is 0.466 e. The van der Waals surface area contributed by atoms with Gasteiger partial charge in [0.15, 0.2) is 0 Å². The maximum Gasteiger partial charge on any atom is 0.419 e. The Morgan fingerprint density at radius 1 is 0.962 bits per heavy atom. The normalized spacial score (nSPS) is 15.5. The second-order valence-electron chi connectivity index (χ2n) is 13.7. The molecule has 1 saturated heterocycles. The molecule has 16 heteroatoms. The summed E-state index contributed by atoms with van der Waals surface area (Å²) in [5.74, 6) is -6.47. The molecule has 4 rings (SSSR count). The monoisotopic (exact) mass is 770 g/mol. The van der Waals surface area contributed by atoms with Crippen LogP contribution in [0.1, 0.15) is 79.5 Å². The molecule has 0 bridgehead atoms. The zero-order valence-electron chi connectivity index (χ0n) is 29.8. The molecule has 2 aromatic carbocycles. The molecule has 3 aromatic rings. The van der Waals surface area contributed by atoms with E-state index in [1.807, 2.05) is 4.90 Å². The fourth-order valence-electron chi connectivity index (χ4n) is 6.53. The molecule has 2 heterocycles. The molecule has 1 aliphatic rings. The number of nitrogens with one attached hydrogen (secondary N) is 1. The molecule has 0 saturated carbocycles. The Labute approximate surface area is 305 Å². The van der Waals surface area contributed by atoms with Gasteiger partial charge in [-0.1, -0.05) is 32.0 Å². The van der Waals surface area contributed by atoms with Gasteiger partial charge in [-0.25, -0.2) is 8.78 Å². The lowest BCUT2D eigenvalue weighted by atomic mass is 9.88. The van der Waals surface area contributed by atoms with Crippen LogP contribution in [0, 0.1) is 31.4 Å². The van der Waals surface area contributed by atoms with Crippen LogP contribution in [0.4, 0.5) is 35.1 Å². The van der Waals surface area contributed by atoms with E-state index >= 15 is 8.78 Å². The highest BCUT2D eigenvalue weighted by atomic mass is 28.1. The number of hydrogen-bond acceptors (Lipinski definition) is 5. The highest BCUT2D eigenvalue weighted by molar-refractivity contribution is 6.18. The van der Waals surface area contributed by atoms with Crippen LogP contribution in [-0.4, -0.2) is 57.8 Å². The van der Waals surface area contributed by atoms with E-state index < -0.39 is 87.2 Å². The van der Waals surface area contributed by atoms with E-state index in [9.17, 15) is 40.7 Å². The number of nitrogens with zero attached hydrogens (tertiary/aromatic N) is 2. The quantitative estimate of drug-likeness (QED) is 0.112. The number of aryl methyl sites for hydroxylation is 2. The molecule has 0 aliphatic carbocycles. The maximum atomic E-state index is 16.8. The summed E-state index contributed by atoms with van der Waals surface area (Å²) >= 11 is 0. The molecule has 2 atom stereocenters. The number of aromatic nitrogens is 1. The number of alkyl halides is 6. The van der Waals surface area contributed by atoms with Gasteiger partial charge in [0, 0.05) is 29.9 Å². The lowest BCUT2D eigenvalue weighted by Crippen LogP contribution is -2.52. The van der Waals surface area contributed by atoms with Crippen molar-refractivity contribution in [2.45, 2.75) is 83.9 Å². The molecule has 7 nitrogen and oxygen atoms in total. The minimum atomic E-state index is -5.38. The van der Waals surface area contributed by atoms with Gasteiger partial charge in [0.25, 0.3) is 5.56 Å². The van der Waals surface area contributed by atoms with Crippen molar-refractivity contribution in [3.63, 3.8) is 0 Å². The number of ether oxygens (including phenoxy) is 1. The Balaban J connectivity index is 1.95. The zero-order chi connectivity index (χ0) is 39.6. The molecule has 1 fully saturated rings. The molecular formula is C37H40F8N3O4Si. The van der Waals surface area contributed by atoms with Crippen molar-refractivity contribution in [3.05, 3.63) is 91.9 Å². The van der Waals surface area contributed by atoms with Gasteiger partial charge in [0.05, 0.1) is 39.6 Å². The smallest absolute Gasteiger partial charge is 0.419 e. The Morgan fingerprint density at radius 3 is 2.08 bits per heavy atom. The fraction of sp³-hybridized carbons (Fsp3) is 0.486. The Kier molecular flexibility index (Phi) is 12.7. The first-order valence-corrected chi connectivity index (χ1v) is 17.5. The van der Waals surface area contributed by atoms with Crippen LogP contribution < -0.4 is 10.9 Å². The van der Waals surface area contributed by atoms with Crippen LogP contribution in [-0.2, 0) is 38.3 Å². The van der Waals surface area contributed by atoms with Gasteiger partial charge in [-0.3, -0.25) is 14.4 Å². The number of carbonyl (C=O) groups excluding carboxylic acids is 2. The van der Waals surface area contributed by atoms with Gasteiger partial charge >= 0.3 is 18.3 Å². The number of benzene rings is 2. The number of amides is 1. The number of hydrogen-bond donors (Lipinski definition) is 1. The predicted molar refractivity (Wildman–Crippen MR) is 182 cm³/mol. The zero-order valence-corrected chi connectivity index (χ0v) is 30.8. The highest BCUT2D eigenvalue weighted by Crippen LogP contribution is 2.43. The van der Waals surface area contributed by atoms with Crippen molar-refractivity contribution < 1.29 is 49.4 Å². The van der Waals surface area contributed by atoms with Crippen LogP contribution in [0.5, 0.6) is 0 Å². The second kappa shape index (κ2) is 16.1. The number of likely N-dealkylation sites (tertiary alicyclic amines) is 1. The summed E-state index contributed by atoms with van der Waals surface area (Å²) in [6, 6.07) is 3.65. The predicted octanol–water partition coefficient (Wildman–Crippen LogP) is 7.37. The fourth-order valence-corrected chi connectivity index (χ4v) is 7.02. The standard InChI is InChI=1S/C37H40F8N3O4Si/c1-6-52-29(50)18-35(53,31-32(38)24(16-26(33(31)39)37(43,44)45)30-21(4)9-7-10-22(30)5)46-34(51)27(15-20(2)3)48-19-23(11-14-47-12-8-13-47)25(17-28(48)49)36(40,41)42/h7,9-10,16-17,19-20,27H,6,8,11-15,18H2,1-5H3,(H,46,51)/t27?,35-/m0/s1. The average molecular weight is 771 g/mol. The molecule has 1 unspecified atom stereocenters.